The lowest BCUT2D eigenvalue weighted by molar-refractivity contribution is -0.146. The van der Waals surface area contributed by atoms with Crippen LogP contribution in [0.4, 0.5) is 0 Å². The zero-order valence-corrected chi connectivity index (χ0v) is 12.5. The number of allylic oxidation sites excluding steroid dienone is 1. The molecule has 0 amide bonds. The van der Waals surface area contributed by atoms with Gasteiger partial charge in [0.2, 0.25) is 0 Å². The monoisotopic (exact) mass is 268 g/mol. The summed E-state index contributed by atoms with van der Waals surface area (Å²) in [6.45, 7) is 10.3. The van der Waals surface area contributed by atoms with E-state index in [1.54, 1.807) is 13.8 Å². The predicted molar refractivity (Wildman–Crippen MR) is 72.4 cm³/mol. The molecule has 0 aliphatic heterocycles. The van der Waals surface area contributed by atoms with Crippen LogP contribution in [0.3, 0.4) is 0 Å². The van der Waals surface area contributed by atoms with Crippen LogP contribution in [0, 0.1) is 17.3 Å². The third kappa shape index (κ3) is 3.58. The van der Waals surface area contributed by atoms with Crippen LogP contribution in [0.5, 0.6) is 0 Å². The quantitative estimate of drug-likeness (QED) is 0.549. The number of carbonyl (C=O) groups is 2. The number of hydrogen-bond donors (Lipinski definition) is 0. The lowest BCUT2D eigenvalue weighted by Gasteiger charge is -2.03. The van der Waals surface area contributed by atoms with Crippen LogP contribution < -0.4 is 0 Å². The summed E-state index contributed by atoms with van der Waals surface area (Å²) < 4.78 is 10.1. The molecule has 1 aliphatic carbocycles. The average molecular weight is 268 g/mol. The maximum Gasteiger partial charge on any atom is 0.333 e. The molecule has 0 spiro atoms. The fourth-order valence-electron chi connectivity index (χ4n) is 2.31. The molecule has 2 unspecified atom stereocenters. The van der Waals surface area contributed by atoms with Crippen molar-refractivity contribution in [2.75, 3.05) is 13.2 Å². The van der Waals surface area contributed by atoms with E-state index in [-0.39, 0.29) is 29.2 Å². The summed E-state index contributed by atoms with van der Waals surface area (Å²) in [5, 5.41) is 0. The molecule has 0 aromatic heterocycles. The number of carbonyl (C=O) groups excluding carboxylic acids is 2. The molecule has 1 fully saturated rings. The van der Waals surface area contributed by atoms with E-state index in [2.05, 4.69) is 0 Å². The lowest BCUT2D eigenvalue weighted by atomic mass is 10.1. The minimum atomic E-state index is -0.314. The van der Waals surface area contributed by atoms with Gasteiger partial charge in [0.1, 0.15) is 0 Å². The van der Waals surface area contributed by atoms with Gasteiger partial charge in [-0.15, -0.1) is 0 Å². The van der Waals surface area contributed by atoms with Gasteiger partial charge in [-0.2, -0.15) is 0 Å². The Morgan fingerprint density at radius 3 is 2.37 bits per heavy atom. The van der Waals surface area contributed by atoms with E-state index in [4.69, 9.17) is 9.47 Å². The number of esters is 2. The summed E-state index contributed by atoms with van der Waals surface area (Å²) in [4.78, 5) is 23.5. The lowest BCUT2D eigenvalue weighted by Crippen LogP contribution is -2.11. The number of rotatable bonds is 6. The molecule has 19 heavy (non-hydrogen) atoms. The van der Waals surface area contributed by atoms with Crippen LogP contribution in [0.25, 0.3) is 0 Å². The Kier molecular flexibility index (Phi) is 5.15. The fourth-order valence-corrected chi connectivity index (χ4v) is 2.31. The third-order valence-corrected chi connectivity index (χ3v) is 3.64. The van der Waals surface area contributed by atoms with E-state index in [9.17, 15) is 9.59 Å². The second-order valence-electron chi connectivity index (χ2n) is 5.56. The van der Waals surface area contributed by atoms with Crippen LogP contribution in [0.2, 0.25) is 0 Å². The van der Waals surface area contributed by atoms with Crippen LogP contribution >= 0.6 is 0 Å². The average Bonchev–Trinajstić information content (AvgIpc) is 2.88. The van der Waals surface area contributed by atoms with Gasteiger partial charge in [0, 0.05) is 5.57 Å². The SMILES string of the molecule is CCCOC(=O)C1C(/C=C(\C)C(=O)OCC)C1(C)C. The van der Waals surface area contributed by atoms with Crippen molar-refractivity contribution in [3.63, 3.8) is 0 Å². The van der Waals surface area contributed by atoms with Crippen LogP contribution in [-0.2, 0) is 19.1 Å². The molecule has 108 valence electrons. The highest BCUT2D eigenvalue weighted by atomic mass is 16.5. The zero-order valence-electron chi connectivity index (χ0n) is 12.5. The highest BCUT2D eigenvalue weighted by molar-refractivity contribution is 5.88. The first-order valence-electron chi connectivity index (χ1n) is 6.88. The Bertz CT molecular complexity index is 382. The smallest absolute Gasteiger partial charge is 0.333 e. The molecule has 4 nitrogen and oxygen atoms in total. The van der Waals surface area contributed by atoms with Gasteiger partial charge < -0.3 is 9.47 Å². The number of hydrogen-bond acceptors (Lipinski definition) is 4. The van der Waals surface area contributed by atoms with Crippen molar-refractivity contribution in [2.24, 2.45) is 17.3 Å². The van der Waals surface area contributed by atoms with Gasteiger partial charge in [-0.05, 0) is 31.6 Å². The van der Waals surface area contributed by atoms with E-state index in [0.29, 0.717) is 18.8 Å². The molecule has 0 radical (unpaired) electrons. The minimum absolute atomic E-state index is 0.0567. The van der Waals surface area contributed by atoms with E-state index in [1.165, 1.54) is 0 Å². The summed E-state index contributed by atoms with van der Waals surface area (Å²) in [7, 11) is 0. The maximum absolute atomic E-state index is 11.9. The van der Waals surface area contributed by atoms with E-state index < -0.39 is 0 Å². The predicted octanol–water partition coefficient (Wildman–Crippen LogP) is 2.72. The van der Waals surface area contributed by atoms with Crippen molar-refractivity contribution in [2.45, 2.75) is 41.0 Å². The summed E-state index contributed by atoms with van der Waals surface area (Å²) >= 11 is 0. The molecule has 2 atom stereocenters. The van der Waals surface area contributed by atoms with Crippen molar-refractivity contribution >= 4 is 11.9 Å². The highest BCUT2D eigenvalue weighted by Crippen LogP contribution is 2.59. The van der Waals surface area contributed by atoms with Crippen molar-refractivity contribution in [1.29, 1.82) is 0 Å². The van der Waals surface area contributed by atoms with Crippen LogP contribution in [0.1, 0.15) is 41.0 Å². The van der Waals surface area contributed by atoms with Gasteiger partial charge in [0.05, 0.1) is 19.1 Å². The van der Waals surface area contributed by atoms with Crippen molar-refractivity contribution in [1.82, 2.24) is 0 Å². The Balaban J connectivity index is 2.67. The molecular formula is C15H24O4. The van der Waals surface area contributed by atoms with E-state index in [1.807, 2.05) is 26.8 Å². The summed E-state index contributed by atoms with van der Waals surface area (Å²) in [6.07, 6.45) is 2.66. The molecule has 0 bridgehead atoms. The number of ether oxygens (including phenoxy) is 2. The molecule has 0 aromatic carbocycles. The first-order chi connectivity index (χ1) is 8.86. The second-order valence-corrected chi connectivity index (χ2v) is 5.56. The largest absolute Gasteiger partial charge is 0.465 e. The van der Waals surface area contributed by atoms with Gasteiger partial charge in [-0.25, -0.2) is 4.79 Å². The van der Waals surface area contributed by atoms with Gasteiger partial charge >= 0.3 is 11.9 Å². The van der Waals surface area contributed by atoms with Gasteiger partial charge in [0.25, 0.3) is 0 Å². The van der Waals surface area contributed by atoms with Crippen LogP contribution in [0.15, 0.2) is 11.6 Å². The topological polar surface area (TPSA) is 52.6 Å². The normalized spacial score (nSPS) is 24.8. The Hall–Kier alpha value is -1.32. The Morgan fingerprint density at radius 1 is 1.21 bits per heavy atom. The minimum Gasteiger partial charge on any atom is -0.465 e. The summed E-state index contributed by atoms with van der Waals surface area (Å²) in [5.41, 5.74) is 0.421. The maximum atomic E-state index is 11.9. The molecule has 4 heteroatoms. The molecular weight excluding hydrogens is 244 g/mol. The summed E-state index contributed by atoms with van der Waals surface area (Å²) in [5.74, 6) is -0.569. The zero-order chi connectivity index (χ0) is 14.6. The van der Waals surface area contributed by atoms with Crippen LogP contribution in [-0.4, -0.2) is 25.2 Å². The molecule has 0 N–H and O–H groups in total. The van der Waals surface area contributed by atoms with Gasteiger partial charge in [-0.3, -0.25) is 4.79 Å². The highest BCUT2D eigenvalue weighted by Gasteiger charge is 2.61. The first-order valence-corrected chi connectivity index (χ1v) is 6.88. The molecule has 0 saturated heterocycles. The van der Waals surface area contributed by atoms with Gasteiger partial charge in [0.15, 0.2) is 0 Å². The van der Waals surface area contributed by atoms with Gasteiger partial charge in [-0.1, -0.05) is 26.8 Å². The standard InChI is InChI=1S/C15H24O4/c1-6-8-19-14(17)12-11(15(12,4)5)9-10(3)13(16)18-7-2/h9,11-12H,6-8H2,1-5H3/b10-9+. The fraction of sp³-hybridized carbons (Fsp3) is 0.733. The van der Waals surface area contributed by atoms with Crippen molar-refractivity contribution in [3.05, 3.63) is 11.6 Å². The second kappa shape index (κ2) is 6.22. The molecule has 1 rings (SSSR count). The van der Waals surface area contributed by atoms with E-state index in [0.717, 1.165) is 6.42 Å². The van der Waals surface area contributed by atoms with Crippen molar-refractivity contribution in [3.8, 4) is 0 Å². The Labute approximate surface area is 115 Å². The molecule has 0 heterocycles. The molecule has 1 saturated carbocycles. The Morgan fingerprint density at radius 2 is 1.84 bits per heavy atom. The first kappa shape index (κ1) is 15.7. The summed E-state index contributed by atoms with van der Waals surface area (Å²) in [6, 6.07) is 0. The third-order valence-electron chi connectivity index (χ3n) is 3.64. The molecule has 0 aromatic rings. The van der Waals surface area contributed by atoms with E-state index >= 15 is 0 Å². The molecule has 1 aliphatic rings. The van der Waals surface area contributed by atoms with Crippen molar-refractivity contribution < 1.29 is 19.1 Å².